The number of rotatable bonds is 6. The van der Waals surface area contributed by atoms with Crippen LogP contribution in [0.3, 0.4) is 0 Å². The van der Waals surface area contributed by atoms with Gasteiger partial charge in [0.2, 0.25) is 11.5 Å². The van der Waals surface area contributed by atoms with Crippen LogP contribution in [0.5, 0.6) is 0 Å². The average molecular weight is 358 g/mol. The molecule has 0 atom stereocenters. The van der Waals surface area contributed by atoms with E-state index in [1.54, 1.807) is 18.3 Å². The molecule has 0 N–H and O–H groups in total. The van der Waals surface area contributed by atoms with Gasteiger partial charge in [0.15, 0.2) is 6.61 Å². The molecule has 25 heavy (non-hydrogen) atoms. The molecule has 6 nitrogen and oxygen atoms in total. The molecule has 0 saturated heterocycles. The van der Waals surface area contributed by atoms with Crippen LogP contribution in [-0.2, 0) is 11.3 Å². The molecule has 0 aliphatic carbocycles. The monoisotopic (exact) mass is 358 g/mol. The average Bonchev–Trinajstić information content (AvgIpc) is 3.30. The molecule has 0 amide bonds. The Balaban J connectivity index is 1.69. The molecular weight excluding hydrogens is 340 g/mol. The van der Waals surface area contributed by atoms with E-state index in [0.29, 0.717) is 11.3 Å². The van der Waals surface area contributed by atoms with Crippen molar-refractivity contribution in [3.63, 3.8) is 0 Å². The molecule has 0 fully saturated rings. The predicted octanol–water partition coefficient (Wildman–Crippen LogP) is 3.55. The number of thiophene rings is 1. The van der Waals surface area contributed by atoms with Gasteiger partial charge >= 0.3 is 5.97 Å². The van der Waals surface area contributed by atoms with Crippen LogP contribution in [0.4, 0.5) is 0 Å². The highest BCUT2D eigenvalue weighted by Gasteiger charge is 2.19. The van der Waals surface area contributed by atoms with Crippen molar-refractivity contribution in [3.8, 4) is 0 Å². The predicted molar refractivity (Wildman–Crippen MR) is 93.2 cm³/mol. The first kappa shape index (κ1) is 17.2. The number of carbonyl (C=O) groups excluding carboxylic acids is 2. The fraction of sp³-hybridized carbons (Fsp3) is 0.278. The first-order valence-electron chi connectivity index (χ1n) is 7.78. The summed E-state index contributed by atoms with van der Waals surface area (Å²) in [4.78, 5) is 25.5. The number of hydrogen-bond donors (Lipinski definition) is 0. The van der Waals surface area contributed by atoms with Crippen molar-refractivity contribution >= 4 is 23.1 Å². The molecule has 130 valence electrons. The van der Waals surface area contributed by atoms with Crippen LogP contribution < -0.4 is 0 Å². The lowest BCUT2D eigenvalue weighted by Gasteiger charge is -2.08. The van der Waals surface area contributed by atoms with E-state index in [-0.39, 0.29) is 18.2 Å². The zero-order valence-corrected chi connectivity index (χ0v) is 15.1. The van der Waals surface area contributed by atoms with Crippen LogP contribution in [0.25, 0.3) is 0 Å². The van der Waals surface area contributed by atoms with Crippen molar-refractivity contribution in [2.24, 2.45) is 0 Å². The minimum absolute atomic E-state index is 0.00605. The van der Waals surface area contributed by atoms with Crippen molar-refractivity contribution < 1.29 is 18.8 Å². The van der Waals surface area contributed by atoms with Gasteiger partial charge in [-0.2, -0.15) is 0 Å². The SMILES string of the molecule is Cc1cc(C(=O)OCC(=O)c2cc(C)n(Cc3cccs3)c2C)on1. The molecule has 0 radical (unpaired) electrons. The third kappa shape index (κ3) is 3.71. The fourth-order valence-corrected chi connectivity index (χ4v) is 3.32. The van der Waals surface area contributed by atoms with Crippen LogP contribution in [-0.4, -0.2) is 28.1 Å². The van der Waals surface area contributed by atoms with Crippen LogP contribution >= 0.6 is 11.3 Å². The molecule has 3 aromatic heterocycles. The molecule has 0 saturated carbocycles. The normalized spacial score (nSPS) is 10.8. The number of aromatic nitrogens is 2. The molecule has 0 bridgehead atoms. The van der Waals surface area contributed by atoms with Crippen LogP contribution in [0, 0.1) is 20.8 Å². The number of esters is 1. The summed E-state index contributed by atoms with van der Waals surface area (Å²) >= 11 is 1.68. The van der Waals surface area contributed by atoms with E-state index in [0.717, 1.165) is 17.9 Å². The lowest BCUT2D eigenvalue weighted by Crippen LogP contribution is -2.15. The molecule has 3 aromatic rings. The summed E-state index contributed by atoms with van der Waals surface area (Å²) in [5, 5.41) is 5.65. The lowest BCUT2D eigenvalue weighted by molar-refractivity contribution is 0.0435. The minimum Gasteiger partial charge on any atom is -0.451 e. The molecular formula is C18H18N2O4S. The van der Waals surface area contributed by atoms with Gasteiger partial charge in [-0.1, -0.05) is 11.2 Å². The Hall–Kier alpha value is -2.67. The Morgan fingerprint density at radius 1 is 1.28 bits per heavy atom. The number of nitrogens with zero attached hydrogens (tertiary/aromatic N) is 2. The quantitative estimate of drug-likeness (QED) is 0.498. The van der Waals surface area contributed by atoms with Crippen LogP contribution in [0.15, 0.2) is 34.2 Å². The largest absolute Gasteiger partial charge is 0.451 e. The summed E-state index contributed by atoms with van der Waals surface area (Å²) in [7, 11) is 0. The Morgan fingerprint density at radius 3 is 2.72 bits per heavy atom. The molecule has 0 aliphatic rings. The molecule has 0 unspecified atom stereocenters. The van der Waals surface area contributed by atoms with Gasteiger partial charge in [0.1, 0.15) is 0 Å². The van der Waals surface area contributed by atoms with Gasteiger partial charge in [0.25, 0.3) is 0 Å². The summed E-state index contributed by atoms with van der Waals surface area (Å²) in [6.45, 7) is 5.95. The molecule has 0 aromatic carbocycles. The molecule has 3 rings (SSSR count). The van der Waals surface area contributed by atoms with Gasteiger partial charge < -0.3 is 13.8 Å². The highest BCUT2D eigenvalue weighted by atomic mass is 32.1. The van der Waals surface area contributed by atoms with Gasteiger partial charge in [-0.25, -0.2) is 4.79 Å². The standard InChI is InChI=1S/C18H18N2O4S/c1-11-7-17(24-19-11)18(22)23-10-16(21)15-8-12(2)20(13(15)3)9-14-5-4-6-25-14/h4-8H,9-10H2,1-3H3. The van der Waals surface area contributed by atoms with Gasteiger partial charge in [-0.3, -0.25) is 4.79 Å². The Labute approximate surface area is 149 Å². The van der Waals surface area contributed by atoms with E-state index in [2.05, 4.69) is 15.8 Å². The Kier molecular flexibility index (Phi) is 4.85. The van der Waals surface area contributed by atoms with Gasteiger partial charge in [-0.15, -0.1) is 11.3 Å². The number of hydrogen-bond acceptors (Lipinski definition) is 6. The first-order chi connectivity index (χ1) is 12.0. The maximum atomic E-state index is 12.4. The lowest BCUT2D eigenvalue weighted by atomic mass is 10.1. The number of ketones is 1. The van der Waals surface area contributed by atoms with Gasteiger partial charge in [-0.05, 0) is 38.3 Å². The zero-order valence-electron chi connectivity index (χ0n) is 14.2. The molecule has 0 spiro atoms. The number of Topliss-reactive ketones (excluding diaryl/α,β-unsaturated/α-hetero) is 1. The smallest absolute Gasteiger partial charge is 0.377 e. The first-order valence-corrected chi connectivity index (χ1v) is 8.66. The third-order valence-corrected chi connectivity index (χ3v) is 4.79. The van der Waals surface area contributed by atoms with Gasteiger partial charge in [0, 0.05) is 27.9 Å². The second kappa shape index (κ2) is 7.06. The van der Waals surface area contributed by atoms with Crippen molar-refractivity contribution in [2.45, 2.75) is 27.3 Å². The zero-order chi connectivity index (χ0) is 18.0. The number of ether oxygens (including phenoxy) is 1. The summed E-state index contributed by atoms with van der Waals surface area (Å²) < 4.78 is 12.0. The van der Waals surface area contributed by atoms with Gasteiger partial charge in [0.05, 0.1) is 12.2 Å². The number of carbonyl (C=O) groups is 2. The maximum Gasteiger partial charge on any atom is 0.377 e. The highest BCUT2D eigenvalue weighted by molar-refractivity contribution is 7.09. The molecule has 7 heteroatoms. The fourth-order valence-electron chi connectivity index (χ4n) is 2.62. The molecule has 0 aliphatic heterocycles. The second-order valence-electron chi connectivity index (χ2n) is 5.78. The third-order valence-electron chi connectivity index (χ3n) is 3.93. The maximum absolute atomic E-state index is 12.4. The Morgan fingerprint density at radius 2 is 2.08 bits per heavy atom. The summed E-state index contributed by atoms with van der Waals surface area (Å²) in [5.41, 5.74) is 3.00. The van der Waals surface area contributed by atoms with Crippen molar-refractivity contribution in [1.29, 1.82) is 0 Å². The van der Waals surface area contributed by atoms with E-state index in [9.17, 15) is 9.59 Å². The summed E-state index contributed by atoms with van der Waals surface area (Å²) in [6, 6.07) is 7.37. The van der Waals surface area contributed by atoms with E-state index >= 15 is 0 Å². The van der Waals surface area contributed by atoms with Crippen molar-refractivity contribution in [3.05, 3.63) is 62.9 Å². The highest BCUT2D eigenvalue weighted by Crippen LogP contribution is 2.20. The van der Waals surface area contributed by atoms with Crippen LogP contribution in [0.1, 0.15) is 42.9 Å². The van der Waals surface area contributed by atoms with E-state index in [1.165, 1.54) is 10.9 Å². The Bertz CT molecular complexity index is 906. The second-order valence-corrected chi connectivity index (χ2v) is 6.81. The van der Waals surface area contributed by atoms with Crippen LogP contribution in [0.2, 0.25) is 0 Å². The van der Waals surface area contributed by atoms with Crippen molar-refractivity contribution in [2.75, 3.05) is 6.61 Å². The topological polar surface area (TPSA) is 74.3 Å². The van der Waals surface area contributed by atoms with E-state index in [4.69, 9.17) is 9.26 Å². The van der Waals surface area contributed by atoms with Crippen molar-refractivity contribution in [1.82, 2.24) is 9.72 Å². The van der Waals surface area contributed by atoms with E-state index < -0.39 is 5.97 Å². The number of aryl methyl sites for hydroxylation is 2. The summed E-state index contributed by atoms with van der Waals surface area (Å²) in [6.07, 6.45) is 0. The summed E-state index contributed by atoms with van der Waals surface area (Å²) in [5.74, 6) is -0.940. The molecule has 3 heterocycles. The minimum atomic E-state index is -0.693. The van der Waals surface area contributed by atoms with E-state index in [1.807, 2.05) is 31.4 Å².